The number of pyridine rings is 1. The van der Waals surface area contributed by atoms with Gasteiger partial charge in [0, 0.05) is 5.92 Å². The van der Waals surface area contributed by atoms with E-state index in [2.05, 4.69) is 4.98 Å². The second-order valence-electron chi connectivity index (χ2n) is 3.64. The van der Waals surface area contributed by atoms with Crippen LogP contribution in [0.4, 0.5) is 15.8 Å². The molecule has 1 aliphatic carbocycles. The third-order valence-corrected chi connectivity index (χ3v) is 2.75. The minimum absolute atomic E-state index is 0.0769. The third kappa shape index (κ3) is 1.51. The standard InChI is InChI=1S/C9H10FN3O2/c10-7-8(11)6(13(14)15)4-12-9(7)5-2-1-3-5/h4-5H,1-3H2,(H2,11,12). The Kier molecular flexibility index (Phi) is 2.26. The topological polar surface area (TPSA) is 82.0 Å². The Morgan fingerprint density at radius 2 is 2.27 bits per heavy atom. The second-order valence-corrected chi connectivity index (χ2v) is 3.64. The maximum absolute atomic E-state index is 13.6. The summed E-state index contributed by atoms with van der Waals surface area (Å²) in [5.41, 5.74) is 4.74. The van der Waals surface area contributed by atoms with Gasteiger partial charge in [0.2, 0.25) is 0 Å². The van der Waals surface area contributed by atoms with Crippen LogP contribution in [0, 0.1) is 15.9 Å². The molecule has 0 spiro atoms. The summed E-state index contributed by atoms with van der Waals surface area (Å²) in [6, 6.07) is 0. The van der Waals surface area contributed by atoms with Crippen molar-refractivity contribution in [1.29, 1.82) is 0 Å². The van der Waals surface area contributed by atoms with E-state index in [1.165, 1.54) is 0 Å². The van der Waals surface area contributed by atoms with E-state index in [1.54, 1.807) is 0 Å². The molecule has 0 unspecified atom stereocenters. The number of rotatable bonds is 2. The van der Waals surface area contributed by atoms with Gasteiger partial charge >= 0.3 is 5.69 Å². The van der Waals surface area contributed by atoms with Crippen molar-refractivity contribution in [3.63, 3.8) is 0 Å². The molecule has 0 saturated heterocycles. The van der Waals surface area contributed by atoms with E-state index >= 15 is 0 Å². The van der Waals surface area contributed by atoms with Crippen molar-refractivity contribution >= 4 is 11.4 Å². The summed E-state index contributed by atoms with van der Waals surface area (Å²) in [4.78, 5) is 13.5. The molecule has 0 aromatic carbocycles. The Labute approximate surface area is 85.3 Å². The summed E-state index contributed by atoms with van der Waals surface area (Å²) in [7, 11) is 0. The van der Waals surface area contributed by atoms with Gasteiger partial charge in [-0.2, -0.15) is 0 Å². The zero-order valence-electron chi connectivity index (χ0n) is 7.94. The highest BCUT2D eigenvalue weighted by Gasteiger charge is 2.28. The van der Waals surface area contributed by atoms with Crippen LogP contribution in [0.2, 0.25) is 0 Å². The first kappa shape index (κ1) is 9.82. The van der Waals surface area contributed by atoms with Crippen molar-refractivity contribution in [3.05, 3.63) is 27.8 Å². The summed E-state index contributed by atoms with van der Waals surface area (Å²) in [6.07, 6.45) is 3.83. The largest absolute Gasteiger partial charge is 0.391 e. The van der Waals surface area contributed by atoms with Crippen LogP contribution in [0.1, 0.15) is 30.9 Å². The molecule has 1 aliphatic rings. The van der Waals surface area contributed by atoms with Crippen LogP contribution in [-0.4, -0.2) is 9.91 Å². The van der Waals surface area contributed by atoms with Crippen LogP contribution in [-0.2, 0) is 0 Å². The lowest BCUT2D eigenvalue weighted by Gasteiger charge is -2.25. The summed E-state index contributed by atoms with van der Waals surface area (Å²) < 4.78 is 13.6. The van der Waals surface area contributed by atoms with Crippen LogP contribution in [0.3, 0.4) is 0 Å². The van der Waals surface area contributed by atoms with Crippen LogP contribution in [0.5, 0.6) is 0 Å². The number of hydrogen-bond acceptors (Lipinski definition) is 4. The zero-order chi connectivity index (χ0) is 11.0. The number of halogens is 1. The maximum atomic E-state index is 13.6. The molecule has 2 N–H and O–H groups in total. The van der Waals surface area contributed by atoms with Gasteiger partial charge in [-0.15, -0.1) is 0 Å². The van der Waals surface area contributed by atoms with Gasteiger partial charge in [-0.1, -0.05) is 6.42 Å². The van der Waals surface area contributed by atoms with Crippen LogP contribution < -0.4 is 5.73 Å². The summed E-state index contributed by atoms with van der Waals surface area (Å²) in [6.45, 7) is 0. The molecular weight excluding hydrogens is 201 g/mol. The highest BCUT2D eigenvalue weighted by Crippen LogP contribution is 2.39. The molecule has 1 aromatic rings. The molecule has 1 heterocycles. The summed E-state index contributed by atoms with van der Waals surface area (Å²) in [5, 5.41) is 10.5. The Morgan fingerprint density at radius 1 is 1.60 bits per heavy atom. The fourth-order valence-electron chi connectivity index (χ4n) is 1.62. The first-order valence-electron chi connectivity index (χ1n) is 4.69. The number of nitrogens with two attached hydrogens (primary N) is 1. The average Bonchev–Trinajstić information content (AvgIpc) is 2.09. The van der Waals surface area contributed by atoms with E-state index in [0.717, 1.165) is 25.5 Å². The fraction of sp³-hybridized carbons (Fsp3) is 0.444. The molecule has 0 aliphatic heterocycles. The van der Waals surface area contributed by atoms with Gasteiger partial charge < -0.3 is 5.73 Å². The Balaban J connectivity index is 2.43. The van der Waals surface area contributed by atoms with E-state index in [9.17, 15) is 14.5 Å². The van der Waals surface area contributed by atoms with Gasteiger partial charge in [0.1, 0.15) is 6.20 Å². The Morgan fingerprint density at radius 3 is 2.73 bits per heavy atom. The number of hydrogen-bond donors (Lipinski definition) is 1. The van der Waals surface area contributed by atoms with Crippen LogP contribution in [0.15, 0.2) is 6.20 Å². The number of aromatic nitrogens is 1. The molecule has 1 saturated carbocycles. The molecule has 0 bridgehead atoms. The first-order valence-corrected chi connectivity index (χ1v) is 4.69. The zero-order valence-corrected chi connectivity index (χ0v) is 7.94. The average molecular weight is 211 g/mol. The lowest BCUT2D eigenvalue weighted by molar-refractivity contribution is -0.384. The first-order chi connectivity index (χ1) is 7.11. The predicted octanol–water partition coefficient (Wildman–Crippen LogP) is 1.98. The van der Waals surface area contributed by atoms with E-state index in [1.807, 2.05) is 0 Å². The Bertz CT molecular complexity index is 418. The van der Waals surface area contributed by atoms with Gasteiger partial charge in [0.05, 0.1) is 10.6 Å². The normalized spacial score (nSPS) is 16.1. The van der Waals surface area contributed by atoms with Crippen LogP contribution >= 0.6 is 0 Å². The van der Waals surface area contributed by atoms with Crippen LogP contribution in [0.25, 0.3) is 0 Å². The Hall–Kier alpha value is -1.72. The monoisotopic (exact) mass is 211 g/mol. The molecular formula is C9H10FN3O2. The smallest absolute Gasteiger partial charge is 0.313 e. The van der Waals surface area contributed by atoms with E-state index in [0.29, 0.717) is 0 Å². The number of anilines is 1. The molecule has 6 heteroatoms. The molecule has 1 fully saturated rings. The molecule has 0 radical (unpaired) electrons. The molecule has 80 valence electrons. The predicted molar refractivity (Wildman–Crippen MR) is 51.9 cm³/mol. The second kappa shape index (κ2) is 3.45. The highest BCUT2D eigenvalue weighted by atomic mass is 19.1. The summed E-state index contributed by atoms with van der Waals surface area (Å²) >= 11 is 0. The van der Waals surface area contributed by atoms with Gasteiger partial charge in [-0.05, 0) is 12.8 Å². The lowest BCUT2D eigenvalue weighted by Crippen LogP contribution is -2.14. The molecule has 2 rings (SSSR count). The lowest BCUT2D eigenvalue weighted by atomic mass is 9.82. The minimum atomic E-state index is -0.728. The molecule has 1 aromatic heterocycles. The van der Waals surface area contributed by atoms with Gasteiger partial charge in [-0.25, -0.2) is 4.39 Å². The maximum Gasteiger partial charge on any atom is 0.313 e. The van der Waals surface area contributed by atoms with Crippen molar-refractivity contribution in [2.75, 3.05) is 5.73 Å². The van der Waals surface area contributed by atoms with Crippen molar-refractivity contribution in [1.82, 2.24) is 4.98 Å². The van der Waals surface area contributed by atoms with Crippen molar-refractivity contribution in [3.8, 4) is 0 Å². The fourth-order valence-corrected chi connectivity index (χ4v) is 1.62. The summed E-state index contributed by atoms with van der Waals surface area (Å²) in [5.74, 6) is -0.651. The highest BCUT2D eigenvalue weighted by molar-refractivity contribution is 5.58. The van der Waals surface area contributed by atoms with Gasteiger partial charge in [0.15, 0.2) is 11.5 Å². The molecule has 0 atom stereocenters. The molecule has 5 nitrogen and oxygen atoms in total. The minimum Gasteiger partial charge on any atom is -0.391 e. The molecule has 15 heavy (non-hydrogen) atoms. The van der Waals surface area contributed by atoms with Crippen molar-refractivity contribution in [2.24, 2.45) is 0 Å². The van der Waals surface area contributed by atoms with Gasteiger partial charge in [-0.3, -0.25) is 15.1 Å². The van der Waals surface area contributed by atoms with E-state index in [4.69, 9.17) is 5.73 Å². The number of nitrogens with zero attached hydrogens (tertiary/aromatic N) is 2. The van der Waals surface area contributed by atoms with Gasteiger partial charge in [0.25, 0.3) is 0 Å². The number of nitro groups is 1. The quantitative estimate of drug-likeness (QED) is 0.598. The van der Waals surface area contributed by atoms with E-state index in [-0.39, 0.29) is 11.6 Å². The van der Waals surface area contributed by atoms with Crippen molar-refractivity contribution < 1.29 is 9.31 Å². The van der Waals surface area contributed by atoms with Crippen molar-refractivity contribution in [2.45, 2.75) is 25.2 Å². The third-order valence-electron chi connectivity index (χ3n) is 2.75. The SMILES string of the molecule is Nc1c([N+](=O)[O-])cnc(C2CCC2)c1F. The molecule has 0 amide bonds. The number of nitrogen functional groups attached to an aromatic ring is 1. The van der Waals surface area contributed by atoms with E-state index < -0.39 is 22.1 Å².